The van der Waals surface area contributed by atoms with E-state index in [0.717, 1.165) is 17.5 Å². The number of anilines is 2. The van der Waals surface area contributed by atoms with Crippen LogP contribution in [0.3, 0.4) is 0 Å². The number of rotatable bonds is 5. The van der Waals surface area contributed by atoms with Crippen molar-refractivity contribution >= 4 is 11.6 Å². The Morgan fingerprint density at radius 3 is 2.21 bits per heavy atom. The Bertz CT molecular complexity index is 424. The van der Waals surface area contributed by atoms with Crippen LogP contribution in [0.25, 0.3) is 0 Å². The quantitative estimate of drug-likeness (QED) is 0.763. The molecule has 0 radical (unpaired) electrons. The van der Waals surface area contributed by atoms with Gasteiger partial charge in [0.2, 0.25) is 0 Å². The summed E-state index contributed by atoms with van der Waals surface area (Å²) in [7, 11) is 1.83. The van der Waals surface area contributed by atoms with Crippen molar-refractivity contribution in [3.8, 4) is 0 Å². The van der Waals surface area contributed by atoms with E-state index in [9.17, 15) is 5.11 Å². The van der Waals surface area contributed by atoms with Crippen molar-refractivity contribution in [3.63, 3.8) is 0 Å². The van der Waals surface area contributed by atoms with Crippen molar-refractivity contribution in [1.82, 2.24) is 9.97 Å². The molecule has 0 amide bonds. The van der Waals surface area contributed by atoms with Gasteiger partial charge in [0.25, 0.3) is 0 Å². The molecule has 0 aliphatic rings. The zero-order chi connectivity index (χ0) is 14.7. The van der Waals surface area contributed by atoms with Gasteiger partial charge in [0, 0.05) is 25.1 Å². The predicted molar refractivity (Wildman–Crippen MR) is 79.7 cm³/mol. The first kappa shape index (κ1) is 15.7. The van der Waals surface area contributed by atoms with Gasteiger partial charge in [-0.25, -0.2) is 9.97 Å². The van der Waals surface area contributed by atoms with Crippen LogP contribution in [-0.2, 0) is 5.41 Å². The average Bonchev–Trinajstić information content (AvgIpc) is 2.35. The summed E-state index contributed by atoms with van der Waals surface area (Å²) in [5.41, 5.74) is -0.844. The van der Waals surface area contributed by atoms with Gasteiger partial charge >= 0.3 is 0 Å². The number of aliphatic hydroxyl groups is 1. The SMILES string of the molecule is CCC(C)(O)CNc1cc(NC)nc(C(C)(C)C)n1. The van der Waals surface area contributed by atoms with Crippen molar-refractivity contribution in [2.75, 3.05) is 24.2 Å². The molecule has 5 heteroatoms. The third-order valence-electron chi connectivity index (χ3n) is 3.07. The first-order valence-electron chi connectivity index (χ1n) is 6.71. The van der Waals surface area contributed by atoms with Crippen LogP contribution in [0.5, 0.6) is 0 Å². The molecule has 108 valence electrons. The summed E-state index contributed by atoms with van der Waals surface area (Å²) < 4.78 is 0. The van der Waals surface area contributed by atoms with E-state index in [-0.39, 0.29) is 5.41 Å². The van der Waals surface area contributed by atoms with Crippen molar-refractivity contribution in [1.29, 1.82) is 0 Å². The number of hydrogen-bond acceptors (Lipinski definition) is 5. The van der Waals surface area contributed by atoms with Gasteiger partial charge in [0.15, 0.2) is 0 Å². The lowest BCUT2D eigenvalue weighted by Crippen LogP contribution is -2.33. The number of nitrogens with zero attached hydrogens (tertiary/aromatic N) is 2. The largest absolute Gasteiger partial charge is 0.388 e. The van der Waals surface area contributed by atoms with Crippen LogP contribution in [0.2, 0.25) is 0 Å². The Morgan fingerprint density at radius 1 is 1.16 bits per heavy atom. The fraction of sp³-hybridized carbons (Fsp3) is 0.714. The predicted octanol–water partition coefficient (Wildman–Crippen LogP) is 2.39. The van der Waals surface area contributed by atoms with Crippen LogP contribution >= 0.6 is 0 Å². The lowest BCUT2D eigenvalue weighted by Gasteiger charge is -2.23. The minimum absolute atomic E-state index is 0.115. The molecular formula is C14H26N4O. The molecule has 1 rings (SSSR count). The first-order valence-corrected chi connectivity index (χ1v) is 6.71. The van der Waals surface area contributed by atoms with Gasteiger partial charge in [-0.15, -0.1) is 0 Å². The Kier molecular flexibility index (Phi) is 4.74. The Balaban J connectivity index is 2.95. The van der Waals surface area contributed by atoms with Crippen LogP contribution in [-0.4, -0.2) is 34.3 Å². The smallest absolute Gasteiger partial charge is 0.138 e. The van der Waals surface area contributed by atoms with Gasteiger partial charge in [-0.05, 0) is 13.3 Å². The minimum Gasteiger partial charge on any atom is -0.388 e. The highest BCUT2D eigenvalue weighted by molar-refractivity contribution is 5.48. The highest BCUT2D eigenvalue weighted by Gasteiger charge is 2.21. The Morgan fingerprint density at radius 2 is 1.74 bits per heavy atom. The third-order valence-corrected chi connectivity index (χ3v) is 3.07. The summed E-state index contributed by atoms with van der Waals surface area (Å²) in [6, 6.07) is 1.85. The van der Waals surface area contributed by atoms with Crippen molar-refractivity contribution < 1.29 is 5.11 Å². The maximum Gasteiger partial charge on any atom is 0.138 e. The van der Waals surface area contributed by atoms with Crippen LogP contribution in [0.4, 0.5) is 11.6 Å². The highest BCUT2D eigenvalue weighted by atomic mass is 16.3. The third kappa shape index (κ3) is 4.67. The molecule has 0 bridgehead atoms. The molecule has 3 N–H and O–H groups in total. The lowest BCUT2D eigenvalue weighted by atomic mass is 9.96. The van der Waals surface area contributed by atoms with Gasteiger partial charge in [0.1, 0.15) is 17.5 Å². The summed E-state index contributed by atoms with van der Waals surface area (Å²) >= 11 is 0. The second kappa shape index (κ2) is 5.74. The van der Waals surface area contributed by atoms with Gasteiger partial charge in [-0.1, -0.05) is 27.7 Å². The maximum atomic E-state index is 10.0. The fourth-order valence-corrected chi connectivity index (χ4v) is 1.41. The molecule has 0 saturated heterocycles. The standard InChI is InChI=1S/C14H26N4O/c1-7-14(5,19)9-16-11-8-10(15-6)17-12(18-11)13(2,3)4/h8,19H,7,9H2,1-6H3,(H2,15,16,17,18). The fourth-order valence-electron chi connectivity index (χ4n) is 1.41. The zero-order valence-electron chi connectivity index (χ0n) is 12.8. The van der Waals surface area contributed by atoms with E-state index in [0.29, 0.717) is 13.0 Å². The van der Waals surface area contributed by atoms with Crippen LogP contribution in [0, 0.1) is 0 Å². The molecule has 19 heavy (non-hydrogen) atoms. The van der Waals surface area contributed by atoms with Gasteiger partial charge in [0.05, 0.1) is 5.60 Å². The van der Waals surface area contributed by atoms with Crippen molar-refractivity contribution in [2.24, 2.45) is 0 Å². The van der Waals surface area contributed by atoms with Gasteiger partial charge < -0.3 is 15.7 Å². The monoisotopic (exact) mass is 266 g/mol. The molecule has 1 unspecified atom stereocenters. The van der Waals surface area contributed by atoms with Gasteiger partial charge in [-0.2, -0.15) is 0 Å². The first-order chi connectivity index (χ1) is 8.68. The molecule has 0 spiro atoms. The molecule has 0 aliphatic carbocycles. The molecule has 1 aromatic rings. The molecule has 0 aliphatic heterocycles. The molecule has 0 saturated carbocycles. The van der Waals surface area contributed by atoms with Crippen LogP contribution in [0.1, 0.15) is 46.9 Å². The Hall–Kier alpha value is -1.36. The summed E-state index contributed by atoms with van der Waals surface area (Å²) in [5.74, 6) is 2.29. The zero-order valence-corrected chi connectivity index (χ0v) is 12.8. The van der Waals surface area contributed by atoms with E-state index >= 15 is 0 Å². The normalized spacial score (nSPS) is 14.9. The lowest BCUT2D eigenvalue weighted by molar-refractivity contribution is 0.0696. The van der Waals surface area contributed by atoms with Crippen molar-refractivity contribution in [2.45, 2.75) is 52.1 Å². The summed E-state index contributed by atoms with van der Waals surface area (Å²) in [6.07, 6.45) is 0.691. The van der Waals surface area contributed by atoms with E-state index in [1.165, 1.54) is 0 Å². The van der Waals surface area contributed by atoms with E-state index in [1.807, 2.05) is 27.0 Å². The molecular weight excluding hydrogens is 240 g/mol. The van der Waals surface area contributed by atoms with Crippen LogP contribution in [0.15, 0.2) is 6.07 Å². The molecule has 5 nitrogen and oxygen atoms in total. The number of aromatic nitrogens is 2. The molecule has 1 heterocycles. The second-order valence-corrected chi connectivity index (χ2v) is 6.17. The molecule has 0 aromatic carbocycles. The van der Waals surface area contributed by atoms with E-state index in [1.54, 1.807) is 0 Å². The summed E-state index contributed by atoms with van der Waals surface area (Å²) in [6.45, 7) is 10.5. The topological polar surface area (TPSA) is 70.1 Å². The Labute approximate surface area is 115 Å². The summed E-state index contributed by atoms with van der Waals surface area (Å²) in [4.78, 5) is 8.98. The van der Waals surface area contributed by atoms with Crippen molar-refractivity contribution in [3.05, 3.63) is 11.9 Å². The number of nitrogens with one attached hydrogen (secondary N) is 2. The van der Waals surface area contributed by atoms with E-state index in [4.69, 9.17) is 0 Å². The maximum absolute atomic E-state index is 10.0. The van der Waals surface area contributed by atoms with E-state index in [2.05, 4.69) is 41.4 Å². The molecule has 0 fully saturated rings. The van der Waals surface area contributed by atoms with E-state index < -0.39 is 5.60 Å². The second-order valence-electron chi connectivity index (χ2n) is 6.17. The highest BCUT2D eigenvalue weighted by Crippen LogP contribution is 2.22. The number of hydrogen-bond donors (Lipinski definition) is 3. The molecule has 1 atom stereocenters. The van der Waals surface area contributed by atoms with Gasteiger partial charge in [-0.3, -0.25) is 0 Å². The molecule has 1 aromatic heterocycles. The van der Waals surface area contributed by atoms with Crippen LogP contribution < -0.4 is 10.6 Å². The average molecular weight is 266 g/mol. The minimum atomic E-state index is -0.730. The summed E-state index contributed by atoms with van der Waals surface area (Å²) in [5, 5.41) is 16.2.